The number of pyridine rings is 1. The quantitative estimate of drug-likeness (QED) is 0.896. The Morgan fingerprint density at radius 1 is 1.20 bits per heavy atom. The Hall–Kier alpha value is -2.03. The van der Waals surface area contributed by atoms with Crippen LogP contribution in [0, 0.1) is 0 Å². The van der Waals surface area contributed by atoms with Gasteiger partial charge in [0.05, 0.1) is 17.6 Å². The van der Waals surface area contributed by atoms with E-state index in [1.54, 1.807) is 0 Å². The zero-order valence-corrected chi connectivity index (χ0v) is 12.1. The molecular formula is C17H21N3. The predicted molar refractivity (Wildman–Crippen MR) is 84.3 cm³/mol. The Morgan fingerprint density at radius 3 is 2.75 bits per heavy atom. The standard InChI is InChI=1S/C17H21N3/c1-20(2)17-9-10-18-12-16(17)19-11-14-5-3-4-6-15(14)13-7-8-13/h3-6,9-10,12-13,19H,7-8,11H2,1-2H3. The Bertz CT molecular complexity index is 543. The molecule has 1 saturated carbocycles. The fraction of sp³-hybridized carbons (Fsp3) is 0.353. The lowest BCUT2D eigenvalue weighted by Crippen LogP contribution is -2.12. The number of aromatic nitrogens is 1. The summed E-state index contributed by atoms with van der Waals surface area (Å²) >= 11 is 0. The molecule has 0 amide bonds. The molecule has 1 aromatic heterocycles. The average molecular weight is 267 g/mol. The van der Waals surface area contributed by atoms with Gasteiger partial charge in [-0.05, 0) is 36.0 Å². The molecule has 0 atom stereocenters. The van der Waals surface area contributed by atoms with Gasteiger partial charge in [-0.2, -0.15) is 0 Å². The van der Waals surface area contributed by atoms with Crippen molar-refractivity contribution in [3.63, 3.8) is 0 Å². The highest BCUT2D eigenvalue weighted by Crippen LogP contribution is 2.41. The van der Waals surface area contributed by atoms with Crippen molar-refractivity contribution < 1.29 is 0 Å². The maximum Gasteiger partial charge on any atom is 0.0766 e. The van der Waals surface area contributed by atoms with E-state index in [2.05, 4.69) is 53.6 Å². The molecule has 0 radical (unpaired) electrons. The van der Waals surface area contributed by atoms with Crippen LogP contribution >= 0.6 is 0 Å². The second-order valence-corrected chi connectivity index (χ2v) is 5.61. The van der Waals surface area contributed by atoms with Crippen molar-refractivity contribution in [3.05, 3.63) is 53.9 Å². The maximum atomic E-state index is 4.22. The third kappa shape index (κ3) is 2.77. The zero-order chi connectivity index (χ0) is 13.9. The first-order valence-corrected chi connectivity index (χ1v) is 7.18. The van der Waals surface area contributed by atoms with Gasteiger partial charge < -0.3 is 10.2 Å². The first-order chi connectivity index (χ1) is 9.75. The fourth-order valence-electron chi connectivity index (χ4n) is 2.59. The molecule has 3 nitrogen and oxygen atoms in total. The van der Waals surface area contributed by atoms with Gasteiger partial charge in [-0.1, -0.05) is 24.3 Å². The molecule has 1 fully saturated rings. The molecule has 1 N–H and O–H groups in total. The summed E-state index contributed by atoms with van der Waals surface area (Å²) in [5, 5.41) is 3.53. The van der Waals surface area contributed by atoms with Crippen LogP contribution < -0.4 is 10.2 Å². The van der Waals surface area contributed by atoms with Crippen LogP contribution in [0.3, 0.4) is 0 Å². The van der Waals surface area contributed by atoms with E-state index < -0.39 is 0 Å². The molecule has 1 aliphatic rings. The summed E-state index contributed by atoms with van der Waals surface area (Å²) in [6.45, 7) is 0.860. The molecule has 1 heterocycles. The number of benzene rings is 1. The van der Waals surface area contributed by atoms with E-state index in [0.717, 1.165) is 18.2 Å². The number of nitrogens with zero attached hydrogens (tertiary/aromatic N) is 2. The third-order valence-corrected chi connectivity index (χ3v) is 3.82. The average Bonchev–Trinajstić information content (AvgIpc) is 3.30. The minimum atomic E-state index is 0.787. The van der Waals surface area contributed by atoms with Crippen LogP contribution in [0.4, 0.5) is 11.4 Å². The zero-order valence-electron chi connectivity index (χ0n) is 12.1. The van der Waals surface area contributed by atoms with Crippen LogP contribution in [0.1, 0.15) is 29.9 Å². The summed E-state index contributed by atoms with van der Waals surface area (Å²) in [4.78, 5) is 6.33. The lowest BCUT2D eigenvalue weighted by Gasteiger charge is -2.18. The molecule has 2 aromatic rings. The first-order valence-electron chi connectivity index (χ1n) is 7.18. The summed E-state index contributed by atoms with van der Waals surface area (Å²) in [5.41, 5.74) is 5.17. The molecule has 104 valence electrons. The van der Waals surface area contributed by atoms with Crippen LogP contribution in [0.2, 0.25) is 0 Å². The van der Waals surface area contributed by atoms with E-state index in [9.17, 15) is 0 Å². The van der Waals surface area contributed by atoms with Crippen LogP contribution in [0.15, 0.2) is 42.7 Å². The smallest absolute Gasteiger partial charge is 0.0766 e. The number of rotatable bonds is 5. The Morgan fingerprint density at radius 2 is 2.00 bits per heavy atom. The molecule has 0 bridgehead atoms. The number of anilines is 2. The number of nitrogens with one attached hydrogen (secondary N) is 1. The van der Waals surface area contributed by atoms with Gasteiger partial charge in [0.15, 0.2) is 0 Å². The summed E-state index contributed by atoms with van der Waals surface area (Å²) < 4.78 is 0. The van der Waals surface area contributed by atoms with Crippen molar-refractivity contribution >= 4 is 11.4 Å². The first kappa shape index (κ1) is 13.0. The molecule has 0 saturated heterocycles. The van der Waals surface area contributed by atoms with E-state index in [1.165, 1.54) is 29.7 Å². The van der Waals surface area contributed by atoms with E-state index in [0.29, 0.717) is 0 Å². The van der Waals surface area contributed by atoms with Gasteiger partial charge in [-0.3, -0.25) is 4.98 Å². The number of hydrogen-bond donors (Lipinski definition) is 1. The Balaban J connectivity index is 1.77. The molecule has 0 spiro atoms. The second-order valence-electron chi connectivity index (χ2n) is 5.61. The van der Waals surface area contributed by atoms with Gasteiger partial charge in [-0.15, -0.1) is 0 Å². The molecule has 0 unspecified atom stereocenters. The maximum absolute atomic E-state index is 4.22. The molecule has 20 heavy (non-hydrogen) atoms. The van der Waals surface area contributed by atoms with Crippen molar-refractivity contribution in [1.29, 1.82) is 0 Å². The van der Waals surface area contributed by atoms with E-state index in [-0.39, 0.29) is 0 Å². The van der Waals surface area contributed by atoms with Crippen LogP contribution in [0.25, 0.3) is 0 Å². The topological polar surface area (TPSA) is 28.2 Å². The summed E-state index contributed by atoms with van der Waals surface area (Å²) in [6, 6.07) is 10.8. The summed E-state index contributed by atoms with van der Waals surface area (Å²) in [7, 11) is 4.11. The van der Waals surface area contributed by atoms with Crippen molar-refractivity contribution in [1.82, 2.24) is 4.98 Å². The minimum absolute atomic E-state index is 0.787. The van der Waals surface area contributed by atoms with Crippen molar-refractivity contribution in [2.45, 2.75) is 25.3 Å². The highest BCUT2D eigenvalue weighted by Gasteiger charge is 2.25. The monoisotopic (exact) mass is 267 g/mol. The molecule has 3 heteroatoms. The number of hydrogen-bond acceptors (Lipinski definition) is 3. The normalized spacial score (nSPS) is 14.1. The lowest BCUT2D eigenvalue weighted by molar-refractivity contribution is 1.03. The van der Waals surface area contributed by atoms with Crippen LogP contribution in [0.5, 0.6) is 0 Å². The minimum Gasteiger partial charge on any atom is -0.378 e. The van der Waals surface area contributed by atoms with Crippen molar-refractivity contribution in [3.8, 4) is 0 Å². The van der Waals surface area contributed by atoms with Gasteiger partial charge in [0, 0.05) is 26.8 Å². The highest BCUT2D eigenvalue weighted by atomic mass is 15.1. The SMILES string of the molecule is CN(C)c1ccncc1NCc1ccccc1C1CC1. The van der Waals surface area contributed by atoms with Crippen molar-refractivity contribution in [2.24, 2.45) is 0 Å². The fourth-order valence-corrected chi connectivity index (χ4v) is 2.59. The molecule has 1 aliphatic carbocycles. The van der Waals surface area contributed by atoms with Gasteiger partial charge >= 0.3 is 0 Å². The molecule has 1 aromatic carbocycles. The van der Waals surface area contributed by atoms with Crippen molar-refractivity contribution in [2.75, 3.05) is 24.3 Å². The second kappa shape index (κ2) is 5.53. The van der Waals surface area contributed by atoms with Crippen LogP contribution in [-0.2, 0) is 6.54 Å². The largest absolute Gasteiger partial charge is 0.378 e. The Kier molecular flexibility index (Phi) is 3.59. The Labute approximate surface area is 120 Å². The van der Waals surface area contributed by atoms with E-state index in [1.807, 2.05) is 18.5 Å². The summed E-state index contributed by atoms with van der Waals surface area (Å²) in [5.74, 6) is 0.787. The van der Waals surface area contributed by atoms with Gasteiger partial charge in [-0.25, -0.2) is 0 Å². The highest BCUT2D eigenvalue weighted by molar-refractivity contribution is 5.68. The molecule has 0 aliphatic heterocycles. The summed E-state index contributed by atoms with van der Waals surface area (Å²) in [6.07, 6.45) is 6.41. The van der Waals surface area contributed by atoms with E-state index in [4.69, 9.17) is 0 Å². The van der Waals surface area contributed by atoms with E-state index >= 15 is 0 Å². The predicted octanol–water partition coefficient (Wildman–Crippen LogP) is 3.64. The van der Waals surface area contributed by atoms with Gasteiger partial charge in [0.25, 0.3) is 0 Å². The van der Waals surface area contributed by atoms with Crippen LogP contribution in [-0.4, -0.2) is 19.1 Å². The third-order valence-electron chi connectivity index (χ3n) is 3.82. The lowest BCUT2D eigenvalue weighted by atomic mass is 10.0. The molecular weight excluding hydrogens is 246 g/mol. The van der Waals surface area contributed by atoms with Gasteiger partial charge in [0.2, 0.25) is 0 Å². The van der Waals surface area contributed by atoms with Gasteiger partial charge in [0.1, 0.15) is 0 Å². The molecule has 3 rings (SSSR count).